The Morgan fingerprint density at radius 3 is 2.89 bits per heavy atom. The number of benzene rings is 1. The van der Waals surface area contributed by atoms with Crippen LogP contribution in [0.15, 0.2) is 35.6 Å². The molecule has 1 aromatic carbocycles. The predicted molar refractivity (Wildman–Crippen MR) is 70.1 cm³/mol. The second kappa shape index (κ2) is 5.66. The number of hydrogen-bond acceptors (Lipinski definition) is 3. The highest BCUT2D eigenvalue weighted by Crippen LogP contribution is 2.19. The third kappa shape index (κ3) is 3.09. The lowest BCUT2D eigenvalue weighted by atomic mass is 10.2. The zero-order chi connectivity index (χ0) is 13.0. The van der Waals surface area contributed by atoms with Crippen LogP contribution in [-0.2, 0) is 0 Å². The van der Waals surface area contributed by atoms with E-state index in [9.17, 15) is 4.79 Å². The summed E-state index contributed by atoms with van der Waals surface area (Å²) in [5.41, 5.74) is 3.33. The average molecular weight is 283 g/mol. The first kappa shape index (κ1) is 12.6. The van der Waals surface area contributed by atoms with Crippen molar-refractivity contribution in [2.75, 3.05) is 0 Å². The van der Waals surface area contributed by atoms with Crippen LogP contribution >= 0.6 is 23.2 Å². The van der Waals surface area contributed by atoms with Crippen LogP contribution < -0.4 is 5.43 Å². The summed E-state index contributed by atoms with van der Waals surface area (Å²) in [6.45, 7) is 0. The van der Waals surface area contributed by atoms with Crippen molar-refractivity contribution in [1.29, 1.82) is 0 Å². The Labute approximate surface area is 113 Å². The lowest BCUT2D eigenvalue weighted by Crippen LogP contribution is -2.18. The van der Waals surface area contributed by atoms with Gasteiger partial charge in [-0.25, -0.2) is 5.43 Å². The monoisotopic (exact) mass is 282 g/mol. The van der Waals surface area contributed by atoms with E-state index in [1.807, 2.05) is 0 Å². The topological polar surface area (TPSA) is 70.1 Å². The highest BCUT2D eigenvalue weighted by Gasteiger charge is 2.04. The van der Waals surface area contributed by atoms with Gasteiger partial charge < -0.3 is 0 Å². The maximum atomic E-state index is 11.5. The minimum atomic E-state index is -0.381. The third-order valence-corrected chi connectivity index (χ3v) is 2.64. The van der Waals surface area contributed by atoms with Crippen LogP contribution in [-0.4, -0.2) is 22.3 Å². The fourth-order valence-corrected chi connectivity index (χ4v) is 1.67. The normalized spacial score (nSPS) is 10.8. The van der Waals surface area contributed by atoms with E-state index in [-0.39, 0.29) is 5.91 Å². The number of hydrogen-bond donors (Lipinski definition) is 2. The summed E-state index contributed by atoms with van der Waals surface area (Å²) >= 11 is 11.7. The van der Waals surface area contributed by atoms with Crippen LogP contribution in [0, 0.1) is 0 Å². The van der Waals surface area contributed by atoms with Gasteiger partial charge >= 0.3 is 0 Å². The molecule has 92 valence electrons. The van der Waals surface area contributed by atoms with Crippen LogP contribution in [0.2, 0.25) is 10.0 Å². The molecule has 0 atom stereocenters. The van der Waals surface area contributed by atoms with Crippen molar-refractivity contribution in [3.05, 3.63) is 51.8 Å². The molecule has 2 N–H and O–H groups in total. The Morgan fingerprint density at radius 2 is 2.22 bits per heavy atom. The number of amides is 1. The smallest absolute Gasteiger partial charge is 0.273 e. The number of aromatic amines is 1. The highest BCUT2D eigenvalue weighted by atomic mass is 35.5. The van der Waals surface area contributed by atoms with Crippen LogP contribution in [0.3, 0.4) is 0 Å². The van der Waals surface area contributed by atoms with Gasteiger partial charge in [0.25, 0.3) is 5.91 Å². The van der Waals surface area contributed by atoms with E-state index in [0.29, 0.717) is 21.3 Å². The summed E-state index contributed by atoms with van der Waals surface area (Å²) in [6, 6.07) is 6.53. The quantitative estimate of drug-likeness (QED) is 0.671. The van der Waals surface area contributed by atoms with E-state index in [1.54, 1.807) is 24.3 Å². The van der Waals surface area contributed by atoms with Gasteiger partial charge in [0.2, 0.25) is 0 Å². The van der Waals surface area contributed by atoms with Crippen molar-refractivity contribution in [1.82, 2.24) is 15.6 Å². The first-order chi connectivity index (χ1) is 8.66. The summed E-state index contributed by atoms with van der Waals surface area (Å²) in [5.74, 6) is -0.381. The largest absolute Gasteiger partial charge is 0.289 e. The molecule has 0 fully saturated rings. The molecule has 0 saturated heterocycles. The van der Waals surface area contributed by atoms with E-state index >= 15 is 0 Å². The molecule has 0 aliphatic heterocycles. The summed E-state index contributed by atoms with van der Waals surface area (Å²) in [5, 5.41) is 11.0. The molecule has 5 nitrogen and oxygen atoms in total. The van der Waals surface area contributed by atoms with Gasteiger partial charge in [0.05, 0.1) is 11.2 Å². The Bertz CT molecular complexity index is 581. The van der Waals surface area contributed by atoms with Crippen LogP contribution in [0.1, 0.15) is 16.1 Å². The maximum Gasteiger partial charge on any atom is 0.289 e. The first-order valence-corrected chi connectivity index (χ1v) is 5.70. The molecule has 0 aliphatic carbocycles. The molecule has 0 saturated carbocycles. The van der Waals surface area contributed by atoms with E-state index < -0.39 is 0 Å². The van der Waals surface area contributed by atoms with Crippen molar-refractivity contribution in [2.45, 2.75) is 0 Å². The molecular weight excluding hydrogens is 275 g/mol. The predicted octanol–water partition coefficient (Wildman–Crippen LogP) is 2.48. The zero-order valence-corrected chi connectivity index (χ0v) is 10.5. The van der Waals surface area contributed by atoms with E-state index in [1.165, 1.54) is 12.4 Å². The molecule has 18 heavy (non-hydrogen) atoms. The number of H-pyrrole nitrogens is 1. The molecule has 0 spiro atoms. The summed E-state index contributed by atoms with van der Waals surface area (Å²) in [4.78, 5) is 11.5. The van der Waals surface area contributed by atoms with Crippen molar-refractivity contribution < 1.29 is 4.79 Å². The Kier molecular flexibility index (Phi) is 3.96. The minimum Gasteiger partial charge on any atom is -0.273 e. The summed E-state index contributed by atoms with van der Waals surface area (Å²) in [7, 11) is 0. The van der Waals surface area contributed by atoms with Gasteiger partial charge in [0.1, 0.15) is 5.69 Å². The molecule has 7 heteroatoms. The van der Waals surface area contributed by atoms with Crippen molar-refractivity contribution in [3.8, 4) is 0 Å². The number of nitrogens with zero attached hydrogens (tertiary/aromatic N) is 2. The highest BCUT2D eigenvalue weighted by molar-refractivity contribution is 6.36. The molecular formula is C11H8Cl2N4O. The van der Waals surface area contributed by atoms with E-state index in [4.69, 9.17) is 23.2 Å². The first-order valence-electron chi connectivity index (χ1n) is 4.94. The van der Waals surface area contributed by atoms with Gasteiger partial charge in [-0.15, -0.1) is 0 Å². The fourth-order valence-electron chi connectivity index (χ4n) is 1.21. The second-order valence-electron chi connectivity index (χ2n) is 3.34. The van der Waals surface area contributed by atoms with Gasteiger partial charge in [-0.2, -0.15) is 10.2 Å². The second-order valence-corrected chi connectivity index (χ2v) is 4.18. The third-order valence-electron chi connectivity index (χ3n) is 2.08. The van der Waals surface area contributed by atoms with Gasteiger partial charge in [-0.05, 0) is 18.2 Å². The SMILES string of the molecule is O=C(N/N=C/c1ccc(Cl)cc1Cl)c1ccn[nH]1. The van der Waals surface area contributed by atoms with Crippen molar-refractivity contribution in [3.63, 3.8) is 0 Å². The van der Waals surface area contributed by atoms with Crippen molar-refractivity contribution in [2.24, 2.45) is 5.10 Å². The number of aromatic nitrogens is 2. The standard InChI is InChI=1S/C11H8Cl2N4O/c12-8-2-1-7(9(13)5-8)6-15-17-11(18)10-3-4-14-16-10/h1-6H,(H,14,16)(H,17,18)/b15-6+. The molecule has 1 amide bonds. The lowest BCUT2D eigenvalue weighted by Gasteiger charge is -1.99. The minimum absolute atomic E-state index is 0.328. The van der Waals surface area contributed by atoms with E-state index in [0.717, 1.165) is 0 Å². The maximum absolute atomic E-state index is 11.5. The Morgan fingerprint density at radius 1 is 1.39 bits per heavy atom. The molecule has 1 heterocycles. The van der Waals surface area contributed by atoms with Gasteiger partial charge in [0, 0.05) is 16.8 Å². The number of carbonyl (C=O) groups is 1. The van der Waals surface area contributed by atoms with Crippen LogP contribution in [0.4, 0.5) is 0 Å². The molecule has 2 aromatic rings. The van der Waals surface area contributed by atoms with Gasteiger partial charge in [-0.1, -0.05) is 29.3 Å². The molecule has 0 unspecified atom stereocenters. The number of rotatable bonds is 3. The lowest BCUT2D eigenvalue weighted by molar-refractivity contribution is 0.0950. The number of halogens is 2. The number of carbonyl (C=O) groups excluding carboxylic acids is 1. The zero-order valence-electron chi connectivity index (χ0n) is 9.02. The van der Waals surface area contributed by atoms with Gasteiger partial charge in [-0.3, -0.25) is 9.89 Å². The molecule has 0 radical (unpaired) electrons. The fraction of sp³-hybridized carbons (Fsp3) is 0. The molecule has 0 aliphatic rings. The Balaban J connectivity index is 2.01. The number of hydrazone groups is 1. The van der Waals surface area contributed by atoms with E-state index in [2.05, 4.69) is 20.7 Å². The molecule has 0 bridgehead atoms. The number of nitrogens with one attached hydrogen (secondary N) is 2. The van der Waals surface area contributed by atoms with Gasteiger partial charge in [0.15, 0.2) is 0 Å². The van der Waals surface area contributed by atoms with Crippen LogP contribution in [0.5, 0.6) is 0 Å². The van der Waals surface area contributed by atoms with Crippen molar-refractivity contribution >= 4 is 35.3 Å². The molecule has 2 rings (SSSR count). The summed E-state index contributed by atoms with van der Waals surface area (Å²) < 4.78 is 0. The molecule has 1 aromatic heterocycles. The van der Waals surface area contributed by atoms with Crippen LogP contribution in [0.25, 0.3) is 0 Å². The average Bonchev–Trinajstić information content (AvgIpc) is 2.85. The summed E-state index contributed by atoms with van der Waals surface area (Å²) in [6.07, 6.45) is 2.92. The Hall–Kier alpha value is -1.85.